The van der Waals surface area contributed by atoms with Crippen LogP contribution >= 0.6 is 11.3 Å². The molecule has 1 aromatic heterocycles. The van der Waals surface area contributed by atoms with Crippen molar-refractivity contribution in [1.29, 1.82) is 0 Å². The molecule has 0 N–H and O–H groups in total. The van der Waals surface area contributed by atoms with E-state index in [0.717, 1.165) is 28.6 Å². The zero-order chi connectivity index (χ0) is 14.4. The van der Waals surface area contributed by atoms with E-state index in [1.165, 1.54) is 21.6 Å². The topological polar surface area (TPSA) is 22.1 Å². The molecule has 1 heterocycles. The summed E-state index contributed by atoms with van der Waals surface area (Å²) in [7, 11) is 0. The average molecular weight is 293 g/mol. The molecule has 1 aliphatic carbocycles. The minimum absolute atomic E-state index is 0.886. The molecule has 0 saturated carbocycles. The fourth-order valence-corrected chi connectivity index (χ4v) is 3.77. The number of benzene rings is 2. The maximum Gasteiger partial charge on any atom is 0.127 e. The highest BCUT2D eigenvalue weighted by Crippen LogP contribution is 2.41. The SMILES string of the molecule is Cc1cccc(Oc2ccc3c(c2)Cc2sc(C)nc2-3)c1. The van der Waals surface area contributed by atoms with Crippen LogP contribution in [0.1, 0.15) is 21.0 Å². The first-order valence-electron chi connectivity index (χ1n) is 7.03. The molecule has 1 aliphatic rings. The van der Waals surface area contributed by atoms with Crippen LogP contribution < -0.4 is 4.74 Å². The Balaban J connectivity index is 1.66. The maximum atomic E-state index is 5.97. The van der Waals surface area contributed by atoms with Crippen molar-refractivity contribution < 1.29 is 4.74 Å². The molecule has 21 heavy (non-hydrogen) atoms. The Morgan fingerprint density at radius 2 is 1.90 bits per heavy atom. The Morgan fingerprint density at radius 3 is 2.76 bits per heavy atom. The summed E-state index contributed by atoms with van der Waals surface area (Å²) in [5, 5.41) is 1.14. The summed E-state index contributed by atoms with van der Waals surface area (Å²) >= 11 is 1.79. The van der Waals surface area contributed by atoms with E-state index < -0.39 is 0 Å². The average Bonchev–Trinajstić information content (AvgIpc) is 2.94. The first-order valence-corrected chi connectivity index (χ1v) is 7.85. The molecule has 0 unspecified atom stereocenters. The predicted molar refractivity (Wildman–Crippen MR) is 86.3 cm³/mol. The van der Waals surface area contributed by atoms with Gasteiger partial charge in [-0.15, -0.1) is 11.3 Å². The molecular weight excluding hydrogens is 278 g/mol. The number of fused-ring (bicyclic) bond motifs is 3. The van der Waals surface area contributed by atoms with Crippen LogP contribution in [0.3, 0.4) is 0 Å². The molecule has 4 rings (SSSR count). The number of hydrogen-bond acceptors (Lipinski definition) is 3. The second-order valence-corrected chi connectivity index (χ2v) is 6.71. The highest BCUT2D eigenvalue weighted by Gasteiger charge is 2.22. The number of aryl methyl sites for hydroxylation is 2. The Morgan fingerprint density at radius 1 is 1.05 bits per heavy atom. The first kappa shape index (κ1) is 12.6. The van der Waals surface area contributed by atoms with Crippen LogP contribution in [0.2, 0.25) is 0 Å². The van der Waals surface area contributed by atoms with Gasteiger partial charge in [0.25, 0.3) is 0 Å². The van der Waals surface area contributed by atoms with Crippen molar-refractivity contribution in [2.45, 2.75) is 20.3 Å². The van der Waals surface area contributed by atoms with E-state index in [1.54, 1.807) is 11.3 Å². The summed E-state index contributed by atoms with van der Waals surface area (Å²) in [5.41, 5.74) is 4.94. The highest BCUT2D eigenvalue weighted by atomic mass is 32.1. The fourth-order valence-electron chi connectivity index (χ4n) is 2.80. The van der Waals surface area contributed by atoms with Crippen LogP contribution in [-0.4, -0.2) is 4.98 Å². The molecule has 2 aromatic carbocycles. The molecule has 0 radical (unpaired) electrons. The number of thiazole rings is 1. The van der Waals surface area contributed by atoms with Crippen molar-refractivity contribution in [2.75, 3.05) is 0 Å². The minimum Gasteiger partial charge on any atom is -0.457 e. The normalized spacial score (nSPS) is 12.1. The van der Waals surface area contributed by atoms with Crippen LogP contribution in [-0.2, 0) is 6.42 Å². The molecule has 2 nitrogen and oxygen atoms in total. The van der Waals surface area contributed by atoms with Crippen LogP contribution in [0.15, 0.2) is 42.5 Å². The van der Waals surface area contributed by atoms with Gasteiger partial charge in [0.15, 0.2) is 0 Å². The molecular formula is C18H15NOS. The monoisotopic (exact) mass is 293 g/mol. The van der Waals surface area contributed by atoms with Gasteiger partial charge in [-0.1, -0.05) is 12.1 Å². The molecule has 0 aliphatic heterocycles. The minimum atomic E-state index is 0.886. The van der Waals surface area contributed by atoms with Gasteiger partial charge in [0.05, 0.1) is 10.7 Å². The molecule has 0 spiro atoms. The molecule has 3 heteroatoms. The summed E-state index contributed by atoms with van der Waals surface area (Å²) in [4.78, 5) is 6.01. The Hall–Kier alpha value is -2.13. The van der Waals surface area contributed by atoms with Gasteiger partial charge in [-0.05, 0) is 55.3 Å². The third-order valence-electron chi connectivity index (χ3n) is 3.71. The lowest BCUT2D eigenvalue weighted by Crippen LogP contribution is -1.88. The number of nitrogens with zero attached hydrogens (tertiary/aromatic N) is 1. The molecule has 0 amide bonds. The molecule has 3 aromatic rings. The molecule has 0 atom stereocenters. The molecule has 0 fully saturated rings. The summed E-state index contributed by atoms with van der Waals surface area (Å²) in [5.74, 6) is 1.78. The van der Waals surface area contributed by atoms with Gasteiger partial charge in [0.2, 0.25) is 0 Å². The van der Waals surface area contributed by atoms with Gasteiger partial charge in [-0.25, -0.2) is 4.98 Å². The number of aromatic nitrogens is 1. The lowest BCUT2D eigenvalue weighted by atomic mass is 10.1. The van der Waals surface area contributed by atoms with Crippen molar-refractivity contribution in [3.8, 4) is 22.8 Å². The Labute approximate surface area is 128 Å². The molecule has 104 valence electrons. The summed E-state index contributed by atoms with van der Waals surface area (Å²) in [6.07, 6.45) is 0.973. The van der Waals surface area contributed by atoms with Gasteiger partial charge in [0, 0.05) is 16.9 Å². The van der Waals surface area contributed by atoms with E-state index in [2.05, 4.69) is 43.1 Å². The van der Waals surface area contributed by atoms with Gasteiger partial charge in [-0.2, -0.15) is 0 Å². The zero-order valence-corrected chi connectivity index (χ0v) is 12.8. The highest BCUT2D eigenvalue weighted by molar-refractivity contribution is 7.12. The van der Waals surface area contributed by atoms with E-state index in [4.69, 9.17) is 4.74 Å². The second kappa shape index (κ2) is 4.71. The fraction of sp³-hybridized carbons (Fsp3) is 0.167. The second-order valence-electron chi connectivity index (χ2n) is 5.42. The number of rotatable bonds is 2. The molecule has 0 saturated heterocycles. The predicted octanol–water partition coefficient (Wildman–Crippen LogP) is 5.12. The van der Waals surface area contributed by atoms with Crippen molar-refractivity contribution in [1.82, 2.24) is 4.98 Å². The first-order chi connectivity index (χ1) is 10.2. The molecule has 0 bridgehead atoms. The largest absolute Gasteiger partial charge is 0.457 e. The van der Waals surface area contributed by atoms with E-state index in [-0.39, 0.29) is 0 Å². The summed E-state index contributed by atoms with van der Waals surface area (Å²) < 4.78 is 5.97. The van der Waals surface area contributed by atoms with Crippen molar-refractivity contribution in [2.24, 2.45) is 0 Å². The lowest BCUT2D eigenvalue weighted by molar-refractivity contribution is 0.482. The van der Waals surface area contributed by atoms with Crippen LogP contribution in [0, 0.1) is 13.8 Å². The standard InChI is InChI=1S/C18H15NOS/c1-11-4-3-5-14(8-11)20-15-6-7-16-13(9-15)10-17-18(16)19-12(2)21-17/h3-9H,10H2,1-2H3. The van der Waals surface area contributed by atoms with Crippen molar-refractivity contribution >= 4 is 11.3 Å². The van der Waals surface area contributed by atoms with Crippen molar-refractivity contribution in [3.63, 3.8) is 0 Å². The zero-order valence-electron chi connectivity index (χ0n) is 12.0. The third kappa shape index (κ3) is 2.24. The third-order valence-corrected chi connectivity index (χ3v) is 4.68. The number of ether oxygens (including phenoxy) is 1. The van der Waals surface area contributed by atoms with E-state index in [0.29, 0.717) is 0 Å². The summed E-state index contributed by atoms with van der Waals surface area (Å²) in [6.45, 7) is 4.14. The lowest BCUT2D eigenvalue weighted by Gasteiger charge is -2.08. The van der Waals surface area contributed by atoms with Crippen LogP contribution in [0.4, 0.5) is 0 Å². The smallest absolute Gasteiger partial charge is 0.127 e. The van der Waals surface area contributed by atoms with E-state index in [1.807, 2.05) is 18.2 Å². The number of hydrogen-bond donors (Lipinski definition) is 0. The Bertz CT molecular complexity index is 835. The maximum absolute atomic E-state index is 5.97. The van der Waals surface area contributed by atoms with Crippen LogP contribution in [0.5, 0.6) is 11.5 Å². The summed E-state index contributed by atoms with van der Waals surface area (Å²) in [6, 6.07) is 14.4. The van der Waals surface area contributed by atoms with Gasteiger partial charge in [-0.3, -0.25) is 0 Å². The quantitative estimate of drug-likeness (QED) is 0.511. The van der Waals surface area contributed by atoms with Crippen LogP contribution in [0.25, 0.3) is 11.3 Å². The van der Waals surface area contributed by atoms with Crippen molar-refractivity contribution in [3.05, 3.63) is 63.5 Å². The van der Waals surface area contributed by atoms with E-state index in [9.17, 15) is 0 Å². The Kier molecular flexibility index (Phi) is 2.82. The van der Waals surface area contributed by atoms with E-state index >= 15 is 0 Å². The van der Waals surface area contributed by atoms with Gasteiger partial charge >= 0.3 is 0 Å². The van der Waals surface area contributed by atoms with Gasteiger partial charge < -0.3 is 4.74 Å². The van der Waals surface area contributed by atoms with Gasteiger partial charge in [0.1, 0.15) is 11.5 Å².